The quantitative estimate of drug-likeness (QED) is 0.388. The van der Waals surface area contributed by atoms with Gasteiger partial charge in [0.15, 0.2) is 6.10 Å². The minimum atomic E-state index is -0.170. The number of nitrogens with zero attached hydrogens (tertiary/aromatic N) is 2. The summed E-state index contributed by atoms with van der Waals surface area (Å²) < 4.78 is 6.56. The first kappa shape index (κ1) is 18.2. The summed E-state index contributed by atoms with van der Waals surface area (Å²) in [5, 5.41) is 0. The van der Waals surface area contributed by atoms with Gasteiger partial charge in [0.05, 0.1) is 5.69 Å². The van der Waals surface area contributed by atoms with E-state index in [-0.39, 0.29) is 12.1 Å². The van der Waals surface area contributed by atoms with Crippen LogP contribution in [-0.4, -0.2) is 6.02 Å². The Balaban J connectivity index is 1.69. The van der Waals surface area contributed by atoms with Gasteiger partial charge in [-0.1, -0.05) is 97.1 Å². The molecule has 1 aliphatic heterocycles. The van der Waals surface area contributed by atoms with Gasteiger partial charge < -0.3 is 4.74 Å². The highest BCUT2D eigenvalue weighted by atomic mass is 16.5. The Bertz CT molecular complexity index is 1110. The summed E-state index contributed by atoms with van der Waals surface area (Å²) in [4.78, 5) is 7.10. The molecule has 0 radical (unpaired) electrons. The highest BCUT2D eigenvalue weighted by Gasteiger charge is 2.43. The van der Waals surface area contributed by atoms with Gasteiger partial charge in [0, 0.05) is 5.69 Å². The Kier molecular flexibility index (Phi) is 5.01. The molecule has 146 valence electrons. The topological polar surface area (TPSA) is 24.8 Å². The van der Waals surface area contributed by atoms with Crippen molar-refractivity contribution in [2.45, 2.75) is 12.1 Å². The van der Waals surface area contributed by atoms with Gasteiger partial charge in [-0.25, -0.2) is 0 Å². The lowest BCUT2D eigenvalue weighted by molar-refractivity contribution is 0.206. The summed E-state index contributed by atoms with van der Waals surface area (Å²) >= 11 is 0. The Hall–Kier alpha value is -3.85. The van der Waals surface area contributed by atoms with Crippen LogP contribution in [0.2, 0.25) is 0 Å². The van der Waals surface area contributed by atoms with Crippen LogP contribution in [0.3, 0.4) is 0 Å². The van der Waals surface area contributed by atoms with Crippen molar-refractivity contribution in [1.29, 1.82) is 0 Å². The molecule has 0 bridgehead atoms. The number of hydrogen-bond donors (Lipinski definition) is 0. The van der Waals surface area contributed by atoms with E-state index in [1.54, 1.807) is 0 Å². The van der Waals surface area contributed by atoms with E-state index >= 15 is 0 Å². The van der Waals surface area contributed by atoms with Crippen molar-refractivity contribution in [3.8, 4) is 0 Å². The molecular weight excluding hydrogens is 368 g/mol. The van der Waals surface area contributed by atoms with Gasteiger partial charge in [0.1, 0.15) is 6.04 Å². The molecule has 1 aliphatic rings. The molecule has 1 saturated heterocycles. The van der Waals surface area contributed by atoms with Crippen molar-refractivity contribution in [2.75, 3.05) is 4.90 Å². The summed E-state index contributed by atoms with van der Waals surface area (Å²) in [6, 6.07) is 41.8. The number of benzene rings is 4. The smallest absolute Gasteiger partial charge is 0.298 e. The molecule has 0 saturated carbocycles. The second-order valence-corrected chi connectivity index (χ2v) is 7.24. The van der Waals surface area contributed by atoms with Crippen molar-refractivity contribution in [3.63, 3.8) is 0 Å². The number of anilines is 1. The van der Waals surface area contributed by atoms with Crippen molar-refractivity contribution < 1.29 is 4.74 Å². The number of aliphatic imine (C=N–C) groups is 1. The summed E-state index contributed by atoms with van der Waals surface area (Å²) in [7, 11) is 0. The summed E-state index contributed by atoms with van der Waals surface area (Å²) in [6.07, 6.45) is -0.170. The molecule has 0 aromatic heterocycles. The van der Waals surface area contributed by atoms with Crippen molar-refractivity contribution >= 4 is 17.4 Å². The van der Waals surface area contributed by atoms with Crippen LogP contribution >= 0.6 is 0 Å². The number of hydrogen-bond acceptors (Lipinski definition) is 2. The molecule has 0 aliphatic carbocycles. The monoisotopic (exact) mass is 390 g/mol. The zero-order valence-electron chi connectivity index (χ0n) is 16.5. The molecule has 1 fully saturated rings. The van der Waals surface area contributed by atoms with Gasteiger partial charge in [-0.05, 0) is 35.4 Å². The lowest BCUT2D eigenvalue weighted by Gasteiger charge is -2.26. The van der Waals surface area contributed by atoms with Crippen LogP contribution in [0.15, 0.2) is 126 Å². The first-order valence-corrected chi connectivity index (χ1v) is 10.1. The van der Waals surface area contributed by atoms with Gasteiger partial charge in [0.2, 0.25) is 0 Å². The van der Waals surface area contributed by atoms with Gasteiger partial charge in [-0.15, -0.1) is 0 Å². The fourth-order valence-electron chi connectivity index (χ4n) is 3.91. The second kappa shape index (κ2) is 8.26. The van der Waals surface area contributed by atoms with Gasteiger partial charge in [-0.3, -0.25) is 4.90 Å². The van der Waals surface area contributed by atoms with Gasteiger partial charge >= 0.3 is 0 Å². The third kappa shape index (κ3) is 3.58. The lowest BCUT2D eigenvalue weighted by atomic mass is 9.95. The van der Waals surface area contributed by atoms with E-state index in [0.29, 0.717) is 6.02 Å². The second-order valence-electron chi connectivity index (χ2n) is 7.24. The van der Waals surface area contributed by atoms with Crippen molar-refractivity contribution in [1.82, 2.24) is 0 Å². The molecule has 30 heavy (non-hydrogen) atoms. The molecule has 1 heterocycles. The van der Waals surface area contributed by atoms with E-state index in [0.717, 1.165) is 16.9 Å². The van der Waals surface area contributed by atoms with Gasteiger partial charge in [0.25, 0.3) is 6.02 Å². The third-order valence-electron chi connectivity index (χ3n) is 5.29. The van der Waals surface area contributed by atoms with E-state index in [9.17, 15) is 0 Å². The molecular formula is C27H22N2O. The first-order chi connectivity index (χ1) is 14.9. The fourth-order valence-corrected chi connectivity index (χ4v) is 3.91. The zero-order chi connectivity index (χ0) is 20.2. The Morgan fingerprint density at radius 2 is 1.07 bits per heavy atom. The molecule has 4 aromatic rings. The maximum atomic E-state index is 6.56. The van der Waals surface area contributed by atoms with E-state index < -0.39 is 0 Å². The molecule has 0 amide bonds. The SMILES string of the molecule is c1ccc(N=C2O[C@H](c3ccccc3)[C@@H](c3ccccc3)N2c2ccccc2)cc1. The number of amidine groups is 1. The van der Waals surface area contributed by atoms with Crippen LogP contribution in [0, 0.1) is 0 Å². The van der Waals surface area contributed by atoms with Crippen molar-refractivity contribution in [3.05, 3.63) is 132 Å². The van der Waals surface area contributed by atoms with E-state index in [4.69, 9.17) is 9.73 Å². The van der Waals surface area contributed by atoms with Crippen LogP contribution in [0.25, 0.3) is 0 Å². The van der Waals surface area contributed by atoms with Gasteiger partial charge in [-0.2, -0.15) is 4.99 Å². The van der Waals surface area contributed by atoms with E-state index in [1.165, 1.54) is 5.56 Å². The molecule has 0 spiro atoms. The standard InChI is InChI=1S/C27H22N2O/c1-5-13-21(14-6-1)25-26(22-15-7-2-8-16-22)30-27(28-23-17-9-3-10-18-23)29(25)24-19-11-4-12-20-24/h1-20,25-26H/t25-,26-/m1/s1. The highest BCUT2D eigenvalue weighted by molar-refractivity contribution is 5.96. The minimum Gasteiger partial charge on any atom is -0.454 e. The zero-order valence-corrected chi connectivity index (χ0v) is 16.5. The maximum absolute atomic E-state index is 6.56. The molecule has 4 aromatic carbocycles. The Labute approximate surface area is 176 Å². The first-order valence-electron chi connectivity index (χ1n) is 10.1. The average Bonchev–Trinajstić information content (AvgIpc) is 3.20. The molecule has 0 N–H and O–H groups in total. The van der Waals surface area contributed by atoms with Crippen LogP contribution in [0.1, 0.15) is 23.3 Å². The predicted molar refractivity (Wildman–Crippen MR) is 122 cm³/mol. The van der Waals surface area contributed by atoms with Crippen LogP contribution < -0.4 is 4.90 Å². The normalized spacial score (nSPS) is 19.6. The third-order valence-corrected chi connectivity index (χ3v) is 5.29. The van der Waals surface area contributed by atoms with Crippen LogP contribution in [0.4, 0.5) is 11.4 Å². The number of ether oxygens (including phenoxy) is 1. The Morgan fingerprint density at radius 1 is 0.567 bits per heavy atom. The molecule has 0 unspecified atom stereocenters. The molecule has 3 nitrogen and oxygen atoms in total. The predicted octanol–water partition coefficient (Wildman–Crippen LogP) is 6.69. The summed E-state index contributed by atoms with van der Waals surface area (Å²) in [6.45, 7) is 0. The summed E-state index contributed by atoms with van der Waals surface area (Å²) in [5.74, 6) is 0. The minimum absolute atomic E-state index is 0.0292. The van der Waals surface area contributed by atoms with E-state index in [2.05, 4.69) is 65.6 Å². The summed E-state index contributed by atoms with van der Waals surface area (Å²) in [5.41, 5.74) is 4.24. The maximum Gasteiger partial charge on any atom is 0.298 e. The van der Waals surface area contributed by atoms with E-state index in [1.807, 2.05) is 60.7 Å². The molecule has 2 atom stereocenters. The lowest BCUT2D eigenvalue weighted by Crippen LogP contribution is -2.28. The molecule has 5 rings (SSSR count). The van der Waals surface area contributed by atoms with Crippen molar-refractivity contribution in [2.24, 2.45) is 4.99 Å². The number of rotatable bonds is 4. The number of para-hydroxylation sites is 2. The van der Waals surface area contributed by atoms with Crippen LogP contribution in [0.5, 0.6) is 0 Å². The average molecular weight is 390 g/mol. The Morgan fingerprint density at radius 3 is 1.67 bits per heavy atom. The largest absolute Gasteiger partial charge is 0.454 e. The molecule has 3 heteroatoms. The van der Waals surface area contributed by atoms with Crippen LogP contribution in [-0.2, 0) is 4.74 Å². The highest BCUT2D eigenvalue weighted by Crippen LogP contribution is 2.45. The fraction of sp³-hybridized carbons (Fsp3) is 0.0741.